The molecule has 1 amide bonds. The number of carbonyl (C=O) groups is 4. The summed E-state index contributed by atoms with van der Waals surface area (Å²) in [5.41, 5.74) is 0. The Morgan fingerprint density at radius 2 is 1.75 bits per heavy atom. The summed E-state index contributed by atoms with van der Waals surface area (Å²) in [5, 5.41) is 9.60. The zero-order chi connectivity index (χ0) is 16.1. The number of rotatable bonds is 5. The molecule has 0 aliphatic heterocycles. The van der Waals surface area contributed by atoms with E-state index in [4.69, 9.17) is 5.11 Å². The van der Waals surface area contributed by atoms with E-state index < -0.39 is 11.3 Å². The molecule has 0 saturated heterocycles. The molecule has 0 aliphatic carbocycles. The normalized spacial score (nSPS) is 9.05. The van der Waals surface area contributed by atoms with Crippen molar-refractivity contribution in [3.05, 3.63) is 0 Å². The summed E-state index contributed by atoms with van der Waals surface area (Å²) in [6, 6.07) is 0. The van der Waals surface area contributed by atoms with Crippen molar-refractivity contribution in [2.45, 2.75) is 20.8 Å². The highest BCUT2D eigenvalue weighted by Gasteiger charge is 2.08. The lowest BCUT2D eigenvalue weighted by Gasteiger charge is -2.06. The van der Waals surface area contributed by atoms with Crippen molar-refractivity contribution in [3.8, 4) is 0 Å². The van der Waals surface area contributed by atoms with Crippen LogP contribution in [0, 0.1) is 5.92 Å². The minimum Gasteiger partial charge on any atom is -0.480 e. The van der Waals surface area contributed by atoms with Crippen molar-refractivity contribution in [1.82, 2.24) is 5.32 Å². The van der Waals surface area contributed by atoms with Gasteiger partial charge in [-0.25, -0.2) is 4.79 Å². The van der Waals surface area contributed by atoms with Gasteiger partial charge in [0, 0.05) is 6.92 Å². The third kappa shape index (κ3) is 16.2. The van der Waals surface area contributed by atoms with E-state index in [0.29, 0.717) is 0 Å². The number of esters is 1. The smallest absolute Gasteiger partial charge is 0.369 e. The van der Waals surface area contributed by atoms with Crippen LogP contribution in [0.5, 0.6) is 0 Å². The van der Waals surface area contributed by atoms with E-state index >= 15 is 0 Å². The van der Waals surface area contributed by atoms with Gasteiger partial charge in [-0.2, -0.15) is 0 Å². The van der Waals surface area contributed by atoms with Crippen LogP contribution in [-0.2, 0) is 23.9 Å². The third-order valence-corrected chi connectivity index (χ3v) is 1.96. The number of hydrogen-bond donors (Lipinski definition) is 2. The Morgan fingerprint density at radius 3 is 2.05 bits per heavy atom. The maximum absolute atomic E-state index is 10.8. The monoisotopic (exact) mass is 309 g/mol. The number of nitrogens with one attached hydrogen (secondary N) is 1. The van der Waals surface area contributed by atoms with E-state index in [2.05, 4.69) is 14.8 Å². The molecule has 116 valence electrons. The average molecular weight is 309 g/mol. The first-order chi connectivity index (χ1) is 9.20. The second-order valence-electron chi connectivity index (χ2n) is 3.64. The van der Waals surface area contributed by atoms with Gasteiger partial charge in [0.25, 0.3) is 0 Å². The molecule has 0 fully saturated rings. The lowest BCUT2D eigenvalue weighted by molar-refractivity contribution is -0.155. The first kappa shape index (κ1) is 20.5. The molecule has 9 heteroatoms. The first-order valence-corrected chi connectivity index (χ1v) is 6.76. The Kier molecular flexibility index (Phi) is 12.6. The van der Waals surface area contributed by atoms with Gasteiger partial charge < -0.3 is 19.9 Å². The third-order valence-electron chi connectivity index (χ3n) is 1.50. The standard InChI is InChI=1S/C7H12O4S.C4H7NO3/c1-5(2)6(8)10-4-11-7(9)12-3;1-3(6)5-2-4(7)8/h5H,4H2,1-3H3;2H2,1H3,(H,5,6)(H,7,8). The fourth-order valence-corrected chi connectivity index (χ4v) is 0.727. The van der Waals surface area contributed by atoms with Crippen LogP contribution in [0.1, 0.15) is 20.8 Å². The molecule has 8 nitrogen and oxygen atoms in total. The number of carboxylic acids is 1. The Balaban J connectivity index is 0. The second-order valence-corrected chi connectivity index (χ2v) is 4.38. The minimum absolute atomic E-state index is 0.196. The van der Waals surface area contributed by atoms with Crippen LogP contribution < -0.4 is 5.32 Å². The van der Waals surface area contributed by atoms with Gasteiger partial charge in [0.1, 0.15) is 6.54 Å². The Labute approximate surface area is 121 Å². The van der Waals surface area contributed by atoms with Gasteiger partial charge >= 0.3 is 17.2 Å². The summed E-state index contributed by atoms with van der Waals surface area (Å²) in [7, 11) is 0. The number of carboxylic acid groups (broad SMARTS) is 1. The van der Waals surface area contributed by atoms with E-state index in [1.54, 1.807) is 20.1 Å². The van der Waals surface area contributed by atoms with E-state index in [-0.39, 0.29) is 31.1 Å². The summed E-state index contributed by atoms with van der Waals surface area (Å²) in [4.78, 5) is 41.0. The maximum Gasteiger partial charge on any atom is 0.369 e. The van der Waals surface area contributed by atoms with Crippen molar-refractivity contribution in [1.29, 1.82) is 0 Å². The van der Waals surface area contributed by atoms with Gasteiger partial charge in [-0.1, -0.05) is 13.8 Å². The zero-order valence-electron chi connectivity index (χ0n) is 11.8. The van der Waals surface area contributed by atoms with Crippen molar-refractivity contribution in [2.24, 2.45) is 5.92 Å². The molecule has 0 unspecified atom stereocenters. The summed E-state index contributed by atoms with van der Waals surface area (Å²) in [6.07, 6.45) is 1.59. The Bertz CT molecular complexity index is 330. The van der Waals surface area contributed by atoms with Gasteiger partial charge in [-0.05, 0) is 18.0 Å². The largest absolute Gasteiger partial charge is 0.480 e. The Morgan fingerprint density at radius 1 is 1.20 bits per heavy atom. The number of aliphatic carboxylic acids is 1. The molecule has 20 heavy (non-hydrogen) atoms. The van der Waals surface area contributed by atoms with Crippen LogP contribution >= 0.6 is 11.8 Å². The average Bonchev–Trinajstić information content (AvgIpc) is 2.36. The molecule has 0 bridgehead atoms. The first-order valence-electron chi connectivity index (χ1n) is 5.54. The molecule has 0 spiro atoms. The van der Waals surface area contributed by atoms with Crippen LogP contribution in [0.15, 0.2) is 0 Å². The molecular weight excluding hydrogens is 290 g/mol. The quantitative estimate of drug-likeness (QED) is 0.566. The molecule has 0 saturated carbocycles. The predicted octanol–water partition coefficient (Wildman–Crippen LogP) is 0.850. The molecule has 0 rings (SSSR count). The molecule has 0 heterocycles. The van der Waals surface area contributed by atoms with Gasteiger partial charge in [0.2, 0.25) is 12.7 Å². The van der Waals surface area contributed by atoms with E-state index in [9.17, 15) is 19.2 Å². The van der Waals surface area contributed by atoms with Crippen LogP contribution in [0.25, 0.3) is 0 Å². The van der Waals surface area contributed by atoms with E-state index in [1.807, 2.05) is 0 Å². The maximum atomic E-state index is 10.8. The fourth-order valence-electron chi connectivity index (χ4n) is 0.561. The van der Waals surface area contributed by atoms with Crippen molar-refractivity contribution in [2.75, 3.05) is 19.6 Å². The van der Waals surface area contributed by atoms with Crippen LogP contribution in [0.4, 0.5) is 4.79 Å². The molecule has 2 N–H and O–H groups in total. The van der Waals surface area contributed by atoms with Crippen molar-refractivity contribution >= 4 is 34.9 Å². The molecule has 0 aromatic rings. The lowest BCUT2D eigenvalue weighted by Crippen LogP contribution is -2.26. The number of amides is 1. The second kappa shape index (κ2) is 12.3. The predicted molar refractivity (Wildman–Crippen MR) is 72.1 cm³/mol. The molecule has 0 atom stereocenters. The summed E-state index contributed by atoms with van der Waals surface area (Å²) < 4.78 is 9.07. The van der Waals surface area contributed by atoms with Gasteiger partial charge in [0.15, 0.2) is 0 Å². The highest BCUT2D eigenvalue weighted by Crippen LogP contribution is 2.00. The molecular formula is C11H19NO7S. The molecule has 0 radical (unpaired) electrons. The molecule has 0 aromatic carbocycles. The van der Waals surface area contributed by atoms with Gasteiger partial charge in [-0.3, -0.25) is 14.4 Å². The van der Waals surface area contributed by atoms with Crippen LogP contribution in [-0.4, -0.2) is 47.8 Å². The zero-order valence-corrected chi connectivity index (χ0v) is 12.6. The number of ether oxygens (including phenoxy) is 2. The summed E-state index contributed by atoms with van der Waals surface area (Å²) >= 11 is 0.932. The fraction of sp³-hybridized carbons (Fsp3) is 0.636. The minimum atomic E-state index is -1.03. The summed E-state index contributed by atoms with van der Waals surface area (Å²) in [6.45, 7) is 4.09. The number of carbonyl (C=O) groups excluding carboxylic acids is 3. The lowest BCUT2D eigenvalue weighted by atomic mass is 10.2. The van der Waals surface area contributed by atoms with Gasteiger partial charge in [-0.15, -0.1) is 0 Å². The van der Waals surface area contributed by atoms with Crippen molar-refractivity contribution in [3.63, 3.8) is 0 Å². The highest BCUT2D eigenvalue weighted by molar-refractivity contribution is 8.12. The number of thioether (sulfide) groups is 1. The highest BCUT2D eigenvalue weighted by atomic mass is 32.2. The Hall–Kier alpha value is -1.77. The SMILES string of the molecule is CC(=O)NCC(=O)O.CSC(=O)OCOC(=O)C(C)C. The summed E-state index contributed by atoms with van der Waals surface area (Å²) in [5.74, 6) is -1.92. The van der Waals surface area contributed by atoms with Crippen molar-refractivity contribution < 1.29 is 33.8 Å². The van der Waals surface area contributed by atoms with Gasteiger partial charge in [0.05, 0.1) is 5.92 Å². The topological polar surface area (TPSA) is 119 Å². The molecule has 0 aliphatic rings. The van der Waals surface area contributed by atoms with Crippen LogP contribution in [0.2, 0.25) is 0 Å². The van der Waals surface area contributed by atoms with E-state index in [1.165, 1.54) is 6.92 Å². The number of hydrogen-bond acceptors (Lipinski definition) is 7. The molecule has 0 aromatic heterocycles. The van der Waals surface area contributed by atoms with E-state index in [0.717, 1.165) is 11.8 Å². The van der Waals surface area contributed by atoms with Crippen LogP contribution in [0.3, 0.4) is 0 Å².